The molecule has 1 saturated carbocycles. The molecule has 2 fully saturated rings. The Morgan fingerprint density at radius 2 is 2.09 bits per heavy atom. The molecular formula is C24H32ClN5O3. The van der Waals surface area contributed by atoms with E-state index >= 15 is 0 Å². The normalized spacial score (nSPS) is 19.9. The first-order valence-corrected chi connectivity index (χ1v) is 12.1. The number of carboxylic acids is 1. The summed E-state index contributed by atoms with van der Waals surface area (Å²) >= 11 is 6.29. The third kappa shape index (κ3) is 6.34. The molecule has 8 nitrogen and oxygen atoms in total. The van der Waals surface area contributed by atoms with Crippen LogP contribution in [0.15, 0.2) is 24.3 Å². The monoisotopic (exact) mass is 473 g/mol. The molecule has 1 aromatic carbocycles. The van der Waals surface area contributed by atoms with Crippen molar-refractivity contribution >= 4 is 29.1 Å². The SMILES string of the molecule is C[C@@H]1COCCN1Nc1nc(CC(=O)O)nc(-c2cccc(Cl)c2)c1NCC1CCCCC1. The Hall–Kier alpha value is -2.42. The molecule has 4 rings (SSSR count). The van der Waals surface area contributed by atoms with Gasteiger partial charge in [0, 0.05) is 29.7 Å². The lowest BCUT2D eigenvalue weighted by Gasteiger charge is -2.34. The second-order valence-corrected chi connectivity index (χ2v) is 9.34. The first kappa shape index (κ1) is 23.7. The summed E-state index contributed by atoms with van der Waals surface area (Å²) in [6.07, 6.45) is 5.99. The van der Waals surface area contributed by atoms with E-state index in [0.717, 1.165) is 17.8 Å². The van der Waals surface area contributed by atoms with Crippen molar-refractivity contribution in [3.05, 3.63) is 35.1 Å². The molecule has 2 aromatic rings. The van der Waals surface area contributed by atoms with Crippen molar-refractivity contribution in [1.29, 1.82) is 0 Å². The fourth-order valence-electron chi connectivity index (χ4n) is 4.48. The van der Waals surface area contributed by atoms with Gasteiger partial charge in [0.05, 0.1) is 18.9 Å². The van der Waals surface area contributed by atoms with Crippen LogP contribution in [0.3, 0.4) is 0 Å². The van der Waals surface area contributed by atoms with Crippen LogP contribution < -0.4 is 10.7 Å². The van der Waals surface area contributed by atoms with Crippen LogP contribution in [-0.2, 0) is 16.0 Å². The maximum atomic E-state index is 11.5. The number of aromatic nitrogens is 2. The number of aliphatic carboxylic acids is 1. The summed E-state index contributed by atoms with van der Waals surface area (Å²) < 4.78 is 5.57. The molecule has 0 amide bonds. The zero-order chi connectivity index (χ0) is 23.2. The Balaban J connectivity index is 1.74. The Morgan fingerprint density at radius 3 is 2.82 bits per heavy atom. The fourth-order valence-corrected chi connectivity index (χ4v) is 4.67. The Morgan fingerprint density at radius 1 is 1.27 bits per heavy atom. The summed E-state index contributed by atoms with van der Waals surface area (Å²) in [5, 5.41) is 15.7. The summed E-state index contributed by atoms with van der Waals surface area (Å²) in [4.78, 5) is 20.8. The zero-order valence-corrected chi connectivity index (χ0v) is 19.8. The van der Waals surface area contributed by atoms with Crippen LogP contribution in [0.25, 0.3) is 11.3 Å². The number of rotatable bonds is 8. The Kier molecular flexibility index (Phi) is 8.01. The van der Waals surface area contributed by atoms with E-state index in [1.165, 1.54) is 32.1 Å². The minimum atomic E-state index is -0.972. The number of morpholine rings is 1. The van der Waals surface area contributed by atoms with Gasteiger partial charge >= 0.3 is 5.97 Å². The lowest BCUT2D eigenvalue weighted by atomic mass is 9.89. The summed E-state index contributed by atoms with van der Waals surface area (Å²) in [5.41, 5.74) is 5.69. The third-order valence-electron chi connectivity index (χ3n) is 6.27. The number of hydrazine groups is 1. The standard InChI is InChI=1S/C24H32ClN5O3/c1-16-15-33-11-10-30(16)29-24-23(26-14-17-6-3-2-4-7-17)22(18-8-5-9-19(25)12-18)27-20(28-24)13-21(31)32/h5,8-9,12,16-17,26H,2-4,6-7,10-11,13-15H2,1H3,(H,31,32)(H,27,28,29)/t16-/m1/s1. The summed E-state index contributed by atoms with van der Waals surface area (Å²) in [5.74, 6) is 0.463. The molecule has 1 atom stereocenters. The first-order chi connectivity index (χ1) is 16.0. The minimum absolute atomic E-state index is 0.150. The van der Waals surface area contributed by atoms with E-state index in [1.54, 1.807) is 0 Å². The largest absolute Gasteiger partial charge is 0.481 e. The number of halogens is 1. The van der Waals surface area contributed by atoms with Gasteiger partial charge in [0.15, 0.2) is 5.82 Å². The van der Waals surface area contributed by atoms with Crippen molar-refractivity contribution in [1.82, 2.24) is 15.0 Å². The molecule has 33 heavy (non-hydrogen) atoms. The third-order valence-corrected chi connectivity index (χ3v) is 6.51. The van der Waals surface area contributed by atoms with Crippen LogP contribution in [-0.4, -0.2) is 58.4 Å². The number of benzene rings is 1. The van der Waals surface area contributed by atoms with Gasteiger partial charge in [-0.15, -0.1) is 0 Å². The highest BCUT2D eigenvalue weighted by molar-refractivity contribution is 6.30. The van der Waals surface area contributed by atoms with E-state index in [9.17, 15) is 9.90 Å². The smallest absolute Gasteiger partial charge is 0.311 e. The number of anilines is 2. The molecule has 3 N–H and O–H groups in total. The van der Waals surface area contributed by atoms with Crippen LogP contribution in [0.2, 0.25) is 5.02 Å². The highest BCUT2D eigenvalue weighted by Gasteiger charge is 2.24. The van der Waals surface area contributed by atoms with Gasteiger partial charge in [0.1, 0.15) is 17.9 Å². The van der Waals surface area contributed by atoms with Crippen molar-refractivity contribution in [3.8, 4) is 11.3 Å². The fraction of sp³-hybridized carbons (Fsp3) is 0.542. The zero-order valence-electron chi connectivity index (χ0n) is 19.0. The average molecular weight is 474 g/mol. The van der Waals surface area contributed by atoms with Crippen LogP contribution in [0.5, 0.6) is 0 Å². The van der Waals surface area contributed by atoms with E-state index in [0.29, 0.717) is 42.2 Å². The summed E-state index contributed by atoms with van der Waals surface area (Å²) in [7, 11) is 0. The van der Waals surface area contributed by atoms with Crippen LogP contribution in [0.4, 0.5) is 11.5 Å². The van der Waals surface area contributed by atoms with Crippen molar-refractivity contribution in [2.24, 2.45) is 5.92 Å². The van der Waals surface area contributed by atoms with E-state index < -0.39 is 5.97 Å². The minimum Gasteiger partial charge on any atom is -0.481 e. The predicted molar refractivity (Wildman–Crippen MR) is 129 cm³/mol. The number of carboxylic acid groups (broad SMARTS) is 1. The molecule has 1 aliphatic carbocycles. The molecule has 1 saturated heterocycles. The number of ether oxygens (including phenoxy) is 1. The second kappa shape index (κ2) is 11.1. The number of carbonyl (C=O) groups is 1. The van der Waals surface area contributed by atoms with Crippen molar-refractivity contribution < 1.29 is 14.6 Å². The Labute approximate surface area is 199 Å². The quantitative estimate of drug-likeness (QED) is 0.516. The van der Waals surface area contributed by atoms with Gasteiger partial charge in [-0.2, -0.15) is 0 Å². The maximum absolute atomic E-state index is 11.5. The van der Waals surface area contributed by atoms with Crippen molar-refractivity contribution in [2.75, 3.05) is 37.0 Å². The van der Waals surface area contributed by atoms with Crippen molar-refractivity contribution in [2.45, 2.75) is 51.5 Å². The van der Waals surface area contributed by atoms with Gasteiger partial charge in [-0.3, -0.25) is 4.79 Å². The van der Waals surface area contributed by atoms with Crippen LogP contribution in [0.1, 0.15) is 44.9 Å². The summed E-state index contributed by atoms with van der Waals surface area (Å²) in [6.45, 7) is 4.84. The molecule has 0 unspecified atom stereocenters. The van der Waals surface area contributed by atoms with Gasteiger partial charge in [0.2, 0.25) is 0 Å². The number of hydrogen-bond donors (Lipinski definition) is 3. The topological polar surface area (TPSA) is 99.6 Å². The number of nitrogens with zero attached hydrogens (tertiary/aromatic N) is 3. The van der Waals surface area contributed by atoms with Gasteiger partial charge < -0.3 is 20.6 Å². The molecule has 1 aliphatic heterocycles. The molecule has 1 aromatic heterocycles. The van der Waals surface area contributed by atoms with Gasteiger partial charge in [0.25, 0.3) is 0 Å². The van der Waals surface area contributed by atoms with Gasteiger partial charge in [-0.05, 0) is 37.8 Å². The first-order valence-electron chi connectivity index (χ1n) is 11.7. The molecule has 9 heteroatoms. The molecule has 0 radical (unpaired) electrons. The van der Waals surface area contributed by atoms with Crippen LogP contribution >= 0.6 is 11.6 Å². The van der Waals surface area contributed by atoms with E-state index in [1.807, 2.05) is 24.3 Å². The number of nitrogens with one attached hydrogen (secondary N) is 2. The highest BCUT2D eigenvalue weighted by Crippen LogP contribution is 2.35. The molecule has 0 bridgehead atoms. The molecule has 178 valence electrons. The molecule has 0 spiro atoms. The van der Waals surface area contributed by atoms with Gasteiger partial charge in [-0.25, -0.2) is 15.0 Å². The second-order valence-electron chi connectivity index (χ2n) is 8.91. The Bertz CT molecular complexity index is 967. The van der Waals surface area contributed by atoms with Crippen molar-refractivity contribution in [3.63, 3.8) is 0 Å². The maximum Gasteiger partial charge on any atom is 0.311 e. The number of hydrogen-bond acceptors (Lipinski definition) is 7. The molecular weight excluding hydrogens is 442 g/mol. The van der Waals surface area contributed by atoms with E-state index in [4.69, 9.17) is 16.3 Å². The van der Waals surface area contributed by atoms with Crippen LogP contribution in [0, 0.1) is 5.92 Å². The lowest BCUT2D eigenvalue weighted by molar-refractivity contribution is -0.136. The summed E-state index contributed by atoms with van der Waals surface area (Å²) in [6, 6.07) is 7.62. The molecule has 2 aliphatic rings. The van der Waals surface area contributed by atoms with Gasteiger partial charge in [-0.1, -0.05) is 43.0 Å². The lowest BCUT2D eigenvalue weighted by Crippen LogP contribution is -2.47. The predicted octanol–water partition coefficient (Wildman–Crippen LogP) is 4.46. The van der Waals surface area contributed by atoms with E-state index in [-0.39, 0.29) is 18.3 Å². The highest BCUT2D eigenvalue weighted by atomic mass is 35.5. The molecule has 2 heterocycles. The average Bonchev–Trinajstić information content (AvgIpc) is 2.80. The van der Waals surface area contributed by atoms with E-state index in [2.05, 4.69) is 32.6 Å².